The third-order valence-corrected chi connectivity index (χ3v) is 3.48. The number of nitrogens with zero attached hydrogens (tertiary/aromatic N) is 3. The van der Waals surface area contributed by atoms with E-state index < -0.39 is 5.60 Å². The van der Waals surface area contributed by atoms with E-state index in [0.29, 0.717) is 19.4 Å². The zero-order valence-corrected chi connectivity index (χ0v) is 12.7. The van der Waals surface area contributed by atoms with E-state index in [1.165, 1.54) is 0 Å². The van der Waals surface area contributed by atoms with Crippen LogP contribution in [0.4, 0.5) is 4.79 Å². The summed E-state index contributed by atoms with van der Waals surface area (Å²) in [5.74, 6) is -0.0334. The number of aromatic nitrogens is 1. The largest absolute Gasteiger partial charge is 0.444 e. The minimum Gasteiger partial charge on any atom is -0.444 e. The van der Waals surface area contributed by atoms with Gasteiger partial charge in [0.25, 0.3) is 0 Å². The van der Waals surface area contributed by atoms with E-state index in [0.717, 1.165) is 5.56 Å². The highest BCUT2D eigenvalue weighted by Crippen LogP contribution is 2.34. The molecule has 0 saturated carbocycles. The maximum atomic E-state index is 12.4. The Morgan fingerprint density at radius 2 is 2.29 bits per heavy atom. The van der Waals surface area contributed by atoms with Crippen molar-refractivity contribution in [3.05, 3.63) is 30.1 Å². The number of hydrogen-bond acceptors (Lipinski definition) is 4. The van der Waals surface area contributed by atoms with Gasteiger partial charge in [-0.2, -0.15) is 5.26 Å². The molecule has 0 N–H and O–H groups in total. The zero-order chi connectivity index (χ0) is 15.5. The van der Waals surface area contributed by atoms with Crippen LogP contribution in [-0.4, -0.2) is 28.1 Å². The lowest BCUT2D eigenvalue weighted by molar-refractivity contribution is 0.00664. The summed E-state index contributed by atoms with van der Waals surface area (Å²) >= 11 is 0. The molecule has 1 saturated heterocycles. The normalized spacial score (nSPS) is 22.5. The number of carbonyl (C=O) groups is 1. The van der Waals surface area contributed by atoms with E-state index in [4.69, 9.17) is 10.00 Å². The van der Waals surface area contributed by atoms with E-state index in [9.17, 15) is 4.79 Å². The van der Waals surface area contributed by atoms with Gasteiger partial charge >= 0.3 is 6.09 Å². The fourth-order valence-corrected chi connectivity index (χ4v) is 2.51. The molecule has 0 aliphatic carbocycles. The molecular weight excluding hydrogens is 266 g/mol. The van der Waals surface area contributed by atoms with Crippen LogP contribution in [0.3, 0.4) is 0 Å². The van der Waals surface area contributed by atoms with E-state index >= 15 is 0 Å². The standard InChI is InChI=1S/C16H21N3O2/c1-16(2,3)21-15(20)19-8-6-12(10-17)9-14(19)13-5-4-7-18-11-13/h4-5,7,11-12,14H,6,8-9H2,1-3H3. The van der Waals surface area contributed by atoms with Crippen molar-refractivity contribution in [1.82, 2.24) is 9.88 Å². The average Bonchev–Trinajstić information content (AvgIpc) is 2.45. The van der Waals surface area contributed by atoms with Crippen LogP contribution in [0.1, 0.15) is 45.2 Å². The molecule has 1 aliphatic rings. The second-order valence-corrected chi connectivity index (χ2v) is 6.33. The maximum Gasteiger partial charge on any atom is 0.410 e. The van der Waals surface area contributed by atoms with Crippen molar-refractivity contribution in [3.63, 3.8) is 0 Å². The van der Waals surface area contributed by atoms with Gasteiger partial charge in [-0.25, -0.2) is 4.79 Å². The summed E-state index contributed by atoms with van der Waals surface area (Å²) in [7, 11) is 0. The number of pyridine rings is 1. The van der Waals surface area contributed by atoms with Crippen molar-refractivity contribution in [3.8, 4) is 6.07 Å². The molecular formula is C16H21N3O2. The van der Waals surface area contributed by atoms with Gasteiger partial charge < -0.3 is 9.64 Å². The number of rotatable bonds is 1. The molecule has 2 heterocycles. The SMILES string of the molecule is CC(C)(C)OC(=O)N1CCC(C#N)CC1c1cccnc1. The minimum absolute atomic E-state index is 0.0334. The summed E-state index contributed by atoms with van der Waals surface area (Å²) in [6, 6.07) is 5.95. The number of ether oxygens (including phenoxy) is 1. The molecule has 1 amide bonds. The van der Waals surface area contributed by atoms with Gasteiger partial charge in [0.05, 0.1) is 18.0 Å². The van der Waals surface area contributed by atoms with E-state index in [1.807, 2.05) is 32.9 Å². The number of hydrogen-bond donors (Lipinski definition) is 0. The lowest BCUT2D eigenvalue weighted by Crippen LogP contribution is -2.43. The maximum absolute atomic E-state index is 12.4. The Balaban J connectivity index is 2.22. The monoisotopic (exact) mass is 287 g/mol. The van der Waals surface area contributed by atoms with E-state index in [2.05, 4.69) is 11.1 Å². The minimum atomic E-state index is -0.525. The summed E-state index contributed by atoms with van der Waals surface area (Å²) in [6.45, 7) is 6.09. The molecule has 1 aromatic heterocycles. The summed E-state index contributed by atoms with van der Waals surface area (Å²) in [5.41, 5.74) is 0.422. The Morgan fingerprint density at radius 1 is 1.52 bits per heavy atom. The number of nitriles is 1. The second kappa shape index (κ2) is 6.13. The molecule has 5 heteroatoms. The van der Waals surface area contributed by atoms with Gasteiger partial charge in [0.15, 0.2) is 0 Å². The van der Waals surface area contributed by atoms with Crippen LogP contribution in [0.5, 0.6) is 0 Å². The van der Waals surface area contributed by atoms with Crippen molar-refractivity contribution < 1.29 is 9.53 Å². The van der Waals surface area contributed by atoms with Crippen LogP contribution in [0.25, 0.3) is 0 Å². The van der Waals surface area contributed by atoms with Crippen LogP contribution in [0.15, 0.2) is 24.5 Å². The van der Waals surface area contributed by atoms with Gasteiger partial charge in [-0.1, -0.05) is 6.07 Å². The van der Waals surface area contributed by atoms with E-state index in [-0.39, 0.29) is 18.1 Å². The summed E-state index contributed by atoms with van der Waals surface area (Å²) in [5, 5.41) is 9.17. The Kier molecular flexibility index (Phi) is 4.46. The Hall–Kier alpha value is -2.09. The number of likely N-dealkylation sites (tertiary alicyclic amines) is 1. The van der Waals surface area contributed by atoms with Crippen molar-refractivity contribution in [1.29, 1.82) is 5.26 Å². The molecule has 2 atom stereocenters. The molecule has 1 aliphatic heterocycles. The Bertz CT molecular complexity index is 531. The predicted molar refractivity (Wildman–Crippen MR) is 78.3 cm³/mol. The number of carbonyl (C=O) groups excluding carboxylic acids is 1. The fourth-order valence-electron chi connectivity index (χ4n) is 2.51. The molecule has 21 heavy (non-hydrogen) atoms. The van der Waals surface area contributed by atoms with Crippen molar-refractivity contribution in [2.75, 3.05) is 6.54 Å². The highest BCUT2D eigenvalue weighted by molar-refractivity contribution is 5.69. The van der Waals surface area contributed by atoms with Gasteiger partial charge in [0.2, 0.25) is 0 Å². The smallest absolute Gasteiger partial charge is 0.410 e. The highest BCUT2D eigenvalue weighted by Gasteiger charge is 2.35. The van der Waals surface area contributed by atoms with Crippen molar-refractivity contribution in [2.24, 2.45) is 5.92 Å². The second-order valence-electron chi connectivity index (χ2n) is 6.33. The van der Waals surface area contributed by atoms with Crippen molar-refractivity contribution in [2.45, 2.75) is 45.3 Å². The summed E-state index contributed by atoms with van der Waals surface area (Å²) in [4.78, 5) is 18.2. The summed E-state index contributed by atoms with van der Waals surface area (Å²) < 4.78 is 5.48. The van der Waals surface area contributed by atoms with Crippen LogP contribution in [0.2, 0.25) is 0 Å². The van der Waals surface area contributed by atoms with Crippen LogP contribution < -0.4 is 0 Å². The molecule has 1 aromatic rings. The molecule has 0 aromatic carbocycles. The summed E-state index contributed by atoms with van der Waals surface area (Å²) in [6.07, 6.45) is 4.44. The van der Waals surface area contributed by atoms with Gasteiger partial charge in [-0.15, -0.1) is 0 Å². The molecule has 112 valence electrons. The fraction of sp³-hybridized carbons (Fsp3) is 0.562. The van der Waals surface area contributed by atoms with Crippen LogP contribution >= 0.6 is 0 Å². The third-order valence-electron chi connectivity index (χ3n) is 3.48. The lowest BCUT2D eigenvalue weighted by Gasteiger charge is -2.38. The molecule has 0 spiro atoms. The van der Waals surface area contributed by atoms with Crippen LogP contribution in [0, 0.1) is 17.2 Å². The zero-order valence-electron chi connectivity index (χ0n) is 12.7. The quantitative estimate of drug-likeness (QED) is 0.795. The number of piperidine rings is 1. The predicted octanol–water partition coefficient (Wildman–Crippen LogP) is 3.29. The molecule has 5 nitrogen and oxygen atoms in total. The first-order valence-electron chi connectivity index (χ1n) is 7.20. The third kappa shape index (κ3) is 3.94. The molecule has 2 rings (SSSR count). The molecule has 0 radical (unpaired) electrons. The lowest BCUT2D eigenvalue weighted by atomic mass is 9.89. The first-order valence-corrected chi connectivity index (χ1v) is 7.20. The highest BCUT2D eigenvalue weighted by atomic mass is 16.6. The topological polar surface area (TPSA) is 66.2 Å². The van der Waals surface area contributed by atoms with E-state index in [1.54, 1.807) is 17.3 Å². The van der Waals surface area contributed by atoms with Crippen LogP contribution in [-0.2, 0) is 4.74 Å². The van der Waals surface area contributed by atoms with Gasteiger partial charge in [-0.3, -0.25) is 4.98 Å². The Morgan fingerprint density at radius 3 is 2.86 bits per heavy atom. The van der Waals surface area contributed by atoms with Crippen molar-refractivity contribution >= 4 is 6.09 Å². The molecule has 1 fully saturated rings. The molecule has 2 unspecified atom stereocenters. The number of amides is 1. The van der Waals surface area contributed by atoms with Gasteiger partial charge in [-0.05, 0) is 45.2 Å². The first kappa shape index (κ1) is 15.3. The first-order chi connectivity index (χ1) is 9.90. The Labute approximate surface area is 125 Å². The molecule has 0 bridgehead atoms. The van der Waals surface area contributed by atoms with Gasteiger partial charge in [0.1, 0.15) is 5.60 Å². The van der Waals surface area contributed by atoms with Gasteiger partial charge in [0, 0.05) is 18.9 Å². The average molecular weight is 287 g/mol.